The molecule has 0 aliphatic carbocycles. The van der Waals surface area contributed by atoms with Crippen molar-refractivity contribution in [3.05, 3.63) is 0 Å². The Morgan fingerprint density at radius 3 is 2.47 bits per heavy atom. The van der Waals surface area contributed by atoms with Crippen LogP contribution in [0.3, 0.4) is 0 Å². The van der Waals surface area contributed by atoms with Crippen LogP contribution < -0.4 is 5.32 Å². The van der Waals surface area contributed by atoms with Gasteiger partial charge in [-0.2, -0.15) is 0 Å². The molecular formula is C12H25NO2. The van der Waals surface area contributed by atoms with Gasteiger partial charge in [0.15, 0.2) is 0 Å². The molecular weight excluding hydrogens is 190 g/mol. The number of aliphatic carboxylic acids is 1. The second-order valence-corrected chi connectivity index (χ2v) is 4.10. The average molecular weight is 215 g/mol. The van der Waals surface area contributed by atoms with E-state index < -0.39 is 5.97 Å². The molecule has 3 heteroatoms. The van der Waals surface area contributed by atoms with Crippen molar-refractivity contribution in [2.24, 2.45) is 0 Å². The first kappa shape index (κ1) is 14.4. The third-order valence-corrected chi connectivity index (χ3v) is 2.51. The van der Waals surface area contributed by atoms with E-state index in [0.29, 0.717) is 0 Å². The maximum absolute atomic E-state index is 10.6. The van der Waals surface area contributed by atoms with Gasteiger partial charge in [-0.05, 0) is 19.4 Å². The van der Waals surface area contributed by atoms with Crippen molar-refractivity contribution < 1.29 is 9.90 Å². The lowest BCUT2D eigenvalue weighted by atomic mass is 10.0. The molecule has 15 heavy (non-hydrogen) atoms. The largest absolute Gasteiger partial charge is 0.481 e. The highest BCUT2D eigenvalue weighted by Crippen LogP contribution is 2.08. The van der Waals surface area contributed by atoms with Crippen molar-refractivity contribution >= 4 is 5.97 Å². The van der Waals surface area contributed by atoms with Gasteiger partial charge < -0.3 is 10.4 Å². The molecule has 90 valence electrons. The Balaban J connectivity index is 3.64. The normalized spacial score (nSPS) is 12.7. The van der Waals surface area contributed by atoms with Gasteiger partial charge >= 0.3 is 5.97 Å². The first-order chi connectivity index (χ1) is 7.20. The highest BCUT2D eigenvalue weighted by molar-refractivity contribution is 5.67. The minimum Gasteiger partial charge on any atom is -0.481 e. The summed E-state index contributed by atoms with van der Waals surface area (Å²) in [4.78, 5) is 10.6. The molecule has 0 amide bonds. The Hall–Kier alpha value is -0.570. The Kier molecular flexibility index (Phi) is 9.59. The quantitative estimate of drug-likeness (QED) is 0.551. The Labute approximate surface area is 93.3 Å². The molecule has 0 aromatic heterocycles. The van der Waals surface area contributed by atoms with Crippen LogP contribution in [0.5, 0.6) is 0 Å². The molecule has 0 aliphatic heterocycles. The summed E-state index contributed by atoms with van der Waals surface area (Å²) in [6.07, 6.45) is 7.16. The molecule has 0 aromatic rings. The molecule has 0 bridgehead atoms. The van der Waals surface area contributed by atoms with Crippen molar-refractivity contribution in [3.63, 3.8) is 0 Å². The van der Waals surface area contributed by atoms with Crippen LogP contribution in [0.4, 0.5) is 0 Å². The molecule has 3 nitrogen and oxygen atoms in total. The van der Waals surface area contributed by atoms with Crippen LogP contribution >= 0.6 is 0 Å². The van der Waals surface area contributed by atoms with E-state index in [2.05, 4.69) is 19.2 Å². The Bertz CT molecular complexity index is 160. The van der Waals surface area contributed by atoms with Gasteiger partial charge in [-0.1, -0.05) is 39.5 Å². The molecule has 1 atom stereocenters. The van der Waals surface area contributed by atoms with Crippen LogP contribution in [0.1, 0.15) is 58.8 Å². The van der Waals surface area contributed by atoms with E-state index in [-0.39, 0.29) is 12.5 Å². The lowest BCUT2D eigenvalue weighted by Gasteiger charge is -2.16. The number of nitrogens with one attached hydrogen (secondary N) is 1. The van der Waals surface area contributed by atoms with Crippen LogP contribution in [0.2, 0.25) is 0 Å². The number of hydrogen-bond acceptors (Lipinski definition) is 2. The second kappa shape index (κ2) is 9.97. The Morgan fingerprint density at radius 2 is 1.93 bits per heavy atom. The van der Waals surface area contributed by atoms with Gasteiger partial charge in [-0.3, -0.25) is 4.79 Å². The average Bonchev–Trinajstić information content (AvgIpc) is 2.19. The first-order valence-electron chi connectivity index (χ1n) is 6.15. The summed E-state index contributed by atoms with van der Waals surface area (Å²) in [7, 11) is 0. The molecule has 0 aliphatic rings. The lowest BCUT2D eigenvalue weighted by molar-refractivity contribution is -0.137. The van der Waals surface area contributed by atoms with Crippen LogP contribution in [-0.2, 0) is 4.79 Å². The number of hydrogen-bond donors (Lipinski definition) is 2. The van der Waals surface area contributed by atoms with E-state index in [1.54, 1.807) is 0 Å². The van der Waals surface area contributed by atoms with Crippen molar-refractivity contribution in [2.75, 3.05) is 6.54 Å². The maximum Gasteiger partial charge on any atom is 0.304 e. The van der Waals surface area contributed by atoms with E-state index in [4.69, 9.17) is 5.11 Å². The molecule has 1 unspecified atom stereocenters. The third-order valence-electron chi connectivity index (χ3n) is 2.51. The highest BCUT2D eigenvalue weighted by atomic mass is 16.4. The summed E-state index contributed by atoms with van der Waals surface area (Å²) in [5.74, 6) is -0.695. The first-order valence-corrected chi connectivity index (χ1v) is 6.15. The lowest BCUT2D eigenvalue weighted by Crippen LogP contribution is -2.31. The summed E-state index contributed by atoms with van der Waals surface area (Å²) in [6, 6.07) is 0.166. The number of carboxylic acids is 1. The van der Waals surface area contributed by atoms with Gasteiger partial charge in [-0.25, -0.2) is 0 Å². The molecule has 0 fully saturated rings. The summed E-state index contributed by atoms with van der Waals surface area (Å²) >= 11 is 0. The van der Waals surface area contributed by atoms with Gasteiger partial charge in [0, 0.05) is 6.04 Å². The number of carbonyl (C=O) groups is 1. The van der Waals surface area contributed by atoms with E-state index in [1.807, 2.05) is 0 Å². The standard InChI is InChI=1S/C12H25NO2/c1-3-5-6-7-8-11(10-12(14)15)13-9-4-2/h11,13H,3-10H2,1-2H3,(H,14,15). The fourth-order valence-electron chi connectivity index (χ4n) is 1.65. The topological polar surface area (TPSA) is 49.3 Å². The van der Waals surface area contributed by atoms with E-state index in [1.165, 1.54) is 19.3 Å². The van der Waals surface area contributed by atoms with Crippen molar-refractivity contribution in [1.82, 2.24) is 5.32 Å². The molecule has 0 heterocycles. The number of unbranched alkanes of at least 4 members (excludes halogenated alkanes) is 3. The fraction of sp³-hybridized carbons (Fsp3) is 0.917. The van der Waals surface area contributed by atoms with Crippen molar-refractivity contribution in [1.29, 1.82) is 0 Å². The smallest absolute Gasteiger partial charge is 0.304 e. The molecule has 2 N–H and O–H groups in total. The minimum atomic E-state index is -0.695. The van der Waals surface area contributed by atoms with Crippen molar-refractivity contribution in [3.8, 4) is 0 Å². The van der Waals surface area contributed by atoms with Crippen LogP contribution in [0.25, 0.3) is 0 Å². The summed E-state index contributed by atoms with van der Waals surface area (Å²) in [5, 5.41) is 12.0. The van der Waals surface area contributed by atoms with Gasteiger partial charge in [0.1, 0.15) is 0 Å². The van der Waals surface area contributed by atoms with Crippen molar-refractivity contribution in [2.45, 2.75) is 64.8 Å². The maximum atomic E-state index is 10.6. The Morgan fingerprint density at radius 1 is 1.20 bits per heavy atom. The third kappa shape index (κ3) is 9.73. The monoisotopic (exact) mass is 215 g/mol. The summed E-state index contributed by atoms with van der Waals surface area (Å²) in [5.41, 5.74) is 0. The van der Waals surface area contributed by atoms with Gasteiger partial charge in [0.2, 0.25) is 0 Å². The SMILES string of the molecule is CCCCCCC(CC(=O)O)NCCC. The van der Waals surface area contributed by atoms with Gasteiger partial charge in [-0.15, -0.1) is 0 Å². The van der Waals surface area contributed by atoms with Gasteiger partial charge in [0.05, 0.1) is 6.42 Å². The molecule has 0 aromatic carbocycles. The van der Waals surface area contributed by atoms with Crippen LogP contribution in [0.15, 0.2) is 0 Å². The van der Waals surface area contributed by atoms with Crippen LogP contribution in [0, 0.1) is 0 Å². The zero-order chi connectivity index (χ0) is 11.5. The zero-order valence-corrected chi connectivity index (χ0v) is 10.1. The molecule has 0 radical (unpaired) electrons. The van der Waals surface area contributed by atoms with Gasteiger partial charge in [0.25, 0.3) is 0 Å². The van der Waals surface area contributed by atoms with E-state index in [9.17, 15) is 4.79 Å². The number of carboxylic acid groups (broad SMARTS) is 1. The zero-order valence-electron chi connectivity index (χ0n) is 10.1. The highest BCUT2D eigenvalue weighted by Gasteiger charge is 2.11. The molecule has 0 saturated heterocycles. The summed E-state index contributed by atoms with van der Waals surface area (Å²) in [6.45, 7) is 5.21. The fourth-order valence-corrected chi connectivity index (χ4v) is 1.65. The number of rotatable bonds is 10. The minimum absolute atomic E-state index is 0.166. The van der Waals surface area contributed by atoms with E-state index >= 15 is 0 Å². The molecule has 0 spiro atoms. The predicted molar refractivity (Wildman–Crippen MR) is 63.1 cm³/mol. The predicted octanol–water partition coefficient (Wildman–Crippen LogP) is 2.80. The van der Waals surface area contributed by atoms with Crippen LogP contribution in [-0.4, -0.2) is 23.7 Å². The molecule has 0 rings (SSSR count). The van der Waals surface area contributed by atoms with E-state index in [0.717, 1.165) is 25.8 Å². The summed E-state index contributed by atoms with van der Waals surface area (Å²) < 4.78 is 0. The molecule has 0 saturated carbocycles. The second-order valence-electron chi connectivity index (χ2n) is 4.10.